The minimum atomic E-state index is -0.611. The minimum Gasteiger partial charge on any atom is -0.361 e. The molecular weight excluding hydrogens is 236 g/mol. The Labute approximate surface area is 112 Å². The molecule has 19 heavy (non-hydrogen) atoms. The highest BCUT2D eigenvalue weighted by Gasteiger charge is 2.32. The summed E-state index contributed by atoms with van der Waals surface area (Å²) in [4.78, 5) is 7.57. The van der Waals surface area contributed by atoms with E-state index in [0.717, 1.165) is 16.8 Å². The van der Waals surface area contributed by atoms with Crippen LogP contribution < -0.4 is 11.5 Å². The zero-order valence-corrected chi connectivity index (χ0v) is 10.9. The normalized spacial score (nSPS) is 26.7. The number of dihydropyridines is 1. The van der Waals surface area contributed by atoms with Crippen molar-refractivity contribution in [2.24, 2.45) is 16.5 Å². The summed E-state index contributed by atoms with van der Waals surface area (Å²) in [7, 11) is 0. The highest BCUT2D eigenvalue weighted by Crippen LogP contribution is 2.22. The Morgan fingerprint density at radius 3 is 3.00 bits per heavy atom. The van der Waals surface area contributed by atoms with Gasteiger partial charge in [0.05, 0.1) is 5.54 Å². The summed E-state index contributed by atoms with van der Waals surface area (Å²) in [6.45, 7) is 1.93. The number of hydrogen-bond donors (Lipinski definition) is 3. The van der Waals surface area contributed by atoms with Crippen LogP contribution in [-0.4, -0.2) is 22.4 Å². The minimum absolute atomic E-state index is 0.392. The molecule has 1 aromatic heterocycles. The first-order chi connectivity index (χ1) is 9.07. The van der Waals surface area contributed by atoms with Crippen molar-refractivity contribution in [2.75, 3.05) is 0 Å². The molecule has 98 valence electrons. The molecule has 0 fully saturated rings. The summed E-state index contributed by atoms with van der Waals surface area (Å²) < 4.78 is 0. The standard InChI is InChI=1S/C15H18N4/c1-10-4-6-15(17,14(16)19-10)9-11-2-3-12-5-7-18-13(12)8-11/h2-8,14,18H,9,16-17H2,1H3. The molecule has 0 spiro atoms. The number of nitrogens with zero attached hydrogens (tertiary/aromatic N) is 1. The lowest BCUT2D eigenvalue weighted by atomic mass is 9.86. The first-order valence-corrected chi connectivity index (χ1v) is 6.41. The number of nitrogens with one attached hydrogen (secondary N) is 1. The lowest BCUT2D eigenvalue weighted by Crippen LogP contribution is -2.56. The van der Waals surface area contributed by atoms with E-state index in [0.29, 0.717) is 6.42 Å². The third-order valence-electron chi connectivity index (χ3n) is 3.66. The van der Waals surface area contributed by atoms with Gasteiger partial charge < -0.3 is 16.5 Å². The van der Waals surface area contributed by atoms with Crippen LogP contribution in [-0.2, 0) is 6.42 Å². The average Bonchev–Trinajstić information content (AvgIpc) is 2.82. The molecule has 3 rings (SSSR count). The van der Waals surface area contributed by atoms with E-state index < -0.39 is 11.7 Å². The highest BCUT2D eigenvalue weighted by molar-refractivity contribution is 5.94. The van der Waals surface area contributed by atoms with Crippen molar-refractivity contribution in [1.29, 1.82) is 0 Å². The maximum Gasteiger partial charge on any atom is 0.119 e. The maximum atomic E-state index is 6.39. The van der Waals surface area contributed by atoms with Gasteiger partial charge in [0.25, 0.3) is 0 Å². The quantitative estimate of drug-likeness (QED) is 0.763. The van der Waals surface area contributed by atoms with E-state index >= 15 is 0 Å². The van der Waals surface area contributed by atoms with Gasteiger partial charge in [0.15, 0.2) is 0 Å². The molecule has 0 saturated heterocycles. The monoisotopic (exact) mass is 254 g/mol. The number of rotatable bonds is 2. The van der Waals surface area contributed by atoms with Crippen molar-refractivity contribution >= 4 is 16.6 Å². The molecule has 2 unspecified atom stereocenters. The Hall–Kier alpha value is -1.91. The summed E-state index contributed by atoms with van der Waals surface area (Å²) in [5, 5.41) is 1.20. The highest BCUT2D eigenvalue weighted by atomic mass is 15.0. The Bertz CT molecular complexity index is 668. The number of aromatic amines is 1. The van der Waals surface area contributed by atoms with Gasteiger partial charge in [-0.3, -0.25) is 4.99 Å². The van der Waals surface area contributed by atoms with Crippen molar-refractivity contribution in [3.8, 4) is 0 Å². The fraction of sp³-hybridized carbons (Fsp3) is 0.267. The van der Waals surface area contributed by atoms with Crippen LogP contribution >= 0.6 is 0 Å². The molecule has 1 aromatic carbocycles. The van der Waals surface area contributed by atoms with Gasteiger partial charge in [-0.25, -0.2) is 0 Å². The van der Waals surface area contributed by atoms with Gasteiger partial charge in [-0.15, -0.1) is 0 Å². The second-order valence-corrected chi connectivity index (χ2v) is 5.24. The van der Waals surface area contributed by atoms with Crippen molar-refractivity contribution in [3.63, 3.8) is 0 Å². The van der Waals surface area contributed by atoms with Crippen molar-refractivity contribution in [1.82, 2.24) is 4.98 Å². The predicted molar refractivity (Wildman–Crippen MR) is 79.1 cm³/mol. The second kappa shape index (κ2) is 4.33. The summed E-state index contributed by atoms with van der Waals surface area (Å²) >= 11 is 0. The number of benzene rings is 1. The second-order valence-electron chi connectivity index (χ2n) is 5.24. The Balaban J connectivity index is 1.90. The van der Waals surface area contributed by atoms with Crippen LogP contribution in [0.15, 0.2) is 47.6 Å². The molecule has 1 aliphatic heterocycles. The first kappa shape index (κ1) is 12.1. The van der Waals surface area contributed by atoms with Gasteiger partial charge in [-0.2, -0.15) is 0 Å². The molecule has 1 aliphatic rings. The summed E-state index contributed by atoms with van der Waals surface area (Å²) in [6, 6.07) is 8.36. The molecule has 0 amide bonds. The lowest BCUT2D eigenvalue weighted by molar-refractivity contribution is 0.424. The van der Waals surface area contributed by atoms with Crippen molar-refractivity contribution < 1.29 is 0 Å². The maximum absolute atomic E-state index is 6.39. The molecule has 2 heterocycles. The third kappa shape index (κ3) is 2.20. The Kier molecular flexibility index (Phi) is 2.77. The summed E-state index contributed by atoms with van der Waals surface area (Å²) in [6.07, 6.45) is 6.13. The molecule has 4 nitrogen and oxygen atoms in total. The molecule has 2 aromatic rings. The smallest absolute Gasteiger partial charge is 0.119 e. The van der Waals surface area contributed by atoms with Crippen molar-refractivity contribution in [3.05, 3.63) is 48.2 Å². The van der Waals surface area contributed by atoms with Crippen molar-refractivity contribution in [2.45, 2.75) is 25.0 Å². The van der Waals surface area contributed by atoms with Gasteiger partial charge >= 0.3 is 0 Å². The first-order valence-electron chi connectivity index (χ1n) is 6.41. The zero-order chi connectivity index (χ0) is 13.5. The molecule has 0 bridgehead atoms. The van der Waals surface area contributed by atoms with Crippen LogP contribution in [0.1, 0.15) is 12.5 Å². The van der Waals surface area contributed by atoms with Crippen LogP contribution in [0.25, 0.3) is 10.9 Å². The van der Waals surface area contributed by atoms with Gasteiger partial charge in [-0.05, 0) is 42.5 Å². The van der Waals surface area contributed by atoms with E-state index in [2.05, 4.69) is 34.2 Å². The van der Waals surface area contributed by atoms with Crippen LogP contribution in [0.4, 0.5) is 0 Å². The molecule has 0 radical (unpaired) electrons. The molecule has 5 N–H and O–H groups in total. The average molecular weight is 254 g/mol. The van der Waals surface area contributed by atoms with Gasteiger partial charge in [0, 0.05) is 17.4 Å². The van der Waals surface area contributed by atoms with Crippen LogP contribution in [0.2, 0.25) is 0 Å². The number of nitrogens with two attached hydrogens (primary N) is 2. The largest absolute Gasteiger partial charge is 0.361 e. The fourth-order valence-corrected chi connectivity index (χ4v) is 2.48. The fourth-order valence-electron chi connectivity index (χ4n) is 2.48. The molecule has 4 heteroatoms. The summed E-state index contributed by atoms with van der Waals surface area (Å²) in [5.74, 6) is 0. The van der Waals surface area contributed by atoms with E-state index in [4.69, 9.17) is 11.5 Å². The molecular formula is C15H18N4. The van der Waals surface area contributed by atoms with E-state index in [9.17, 15) is 0 Å². The van der Waals surface area contributed by atoms with Crippen LogP contribution in [0.3, 0.4) is 0 Å². The summed E-state index contributed by atoms with van der Waals surface area (Å²) in [5.41, 5.74) is 15.1. The Morgan fingerprint density at radius 1 is 1.37 bits per heavy atom. The van der Waals surface area contributed by atoms with Crippen LogP contribution in [0.5, 0.6) is 0 Å². The predicted octanol–water partition coefficient (Wildman–Crippen LogP) is 1.72. The van der Waals surface area contributed by atoms with Gasteiger partial charge in [0.2, 0.25) is 0 Å². The topological polar surface area (TPSA) is 80.2 Å². The van der Waals surface area contributed by atoms with Crippen LogP contribution in [0, 0.1) is 0 Å². The number of fused-ring (bicyclic) bond motifs is 1. The Morgan fingerprint density at radius 2 is 2.21 bits per heavy atom. The lowest BCUT2D eigenvalue weighted by Gasteiger charge is -2.32. The number of aromatic nitrogens is 1. The van der Waals surface area contributed by atoms with E-state index in [1.54, 1.807) is 0 Å². The van der Waals surface area contributed by atoms with E-state index in [1.807, 2.05) is 25.3 Å². The molecule has 0 aliphatic carbocycles. The molecule has 2 atom stereocenters. The number of allylic oxidation sites excluding steroid dienone is 1. The van der Waals surface area contributed by atoms with E-state index in [-0.39, 0.29) is 0 Å². The van der Waals surface area contributed by atoms with Gasteiger partial charge in [-0.1, -0.05) is 18.2 Å². The molecule has 0 saturated carbocycles. The number of aliphatic imine (C=N–C) groups is 1. The third-order valence-corrected chi connectivity index (χ3v) is 3.66. The van der Waals surface area contributed by atoms with Gasteiger partial charge in [0.1, 0.15) is 6.17 Å². The zero-order valence-electron chi connectivity index (χ0n) is 10.9. The number of hydrogen-bond acceptors (Lipinski definition) is 3. The van der Waals surface area contributed by atoms with E-state index in [1.165, 1.54) is 5.39 Å². The number of H-pyrrole nitrogens is 1. The SMILES string of the molecule is CC1=NC(N)C(N)(Cc2ccc3cc[nH]c3c2)C=C1.